The van der Waals surface area contributed by atoms with Crippen LogP contribution in [0.1, 0.15) is 39.0 Å². The lowest BCUT2D eigenvalue weighted by Crippen LogP contribution is -2.55. The van der Waals surface area contributed by atoms with E-state index in [0.29, 0.717) is 12.1 Å². The molecule has 3 heterocycles. The first-order valence-corrected chi connectivity index (χ1v) is 8.33. The minimum atomic E-state index is 0.114. The third kappa shape index (κ3) is 3.35. The van der Waals surface area contributed by atoms with Crippen LogP contribution in [-0.4, -0.2) is 62.5 Å². The molecule has 0 aromatic heterocycles. The lowest BCUT2D eigenvalue weighted by Gasteiger charge is -2.45. The van der Waals surface area contributed by atoms with E-state index in [1.54, 1.807) is 0 Å². The first-order chi connectivity index (χ1) is 9.67. The number of likely N-dealkylation sites (tertiary alicyclic amines) is 1. The van der Waals surface area contributed by atoms with Crippen molar-refractivity contribution in [3.63, 3.8) is 0 Å². The molecule has 0 amide bonds. The summed E-state index contributed by atoms with van der Waals surface area (Å²) in [5.41, 5.74) is 0.114. The van der Waals surface area contributed by atoms with E-state index in [1.807, 2.05) is 0 Å². The summed E-state index contributed by atoms with van der Waals surface area (Å²) in [7, 11) is 2.23. The summed E-state index contributed by atoms with van der Waals surface area (Å²) in [6, 6.07) is 1.32. The van der Waals surface area contributed by atoms with Crippen molar-refractivity contribution in [3.8, 4) is 0 Å². The molecule has 3 unspecified atom stereocenters. The van der Waals surface area contributed by atoms with Gasteiger partial charge >= 0.3 is 0 Å². The average Bonchev–Trinajstić information content (AvgIpc) is 2.43. The molecule has 0 radical (unpaired) electrons. The van der Waals surface area contributed by atoms with E-state index >= 15 is 0 Å². The molecule has 116 valence electrons. The van der Waals surface area contributed by atoms with Crippen molar-refractivity contribution in [1.82, 2.24) is 10.2 Å². The highest BCUT2D eigenvalue weighted by atomic mass is 16.5. The fraction of sp³-hybridized carbons (Fsp3) is 1.00. The Balaban J connectivity index is 1.54. The van der Waals surface area contributed by atoms with Crippen molar-refractivity contribution in [2.45, 2.75) is 56.7 Å². The highest BCUT2D eigenvalue weighted by Crippen LogP contribution is 2.34. The Bertz CT molecular complexity index is 312. The van der Waals surface area contributed by atoms with Gasteiger partial charge in [-0.25, -0.2) is 0 Å². The molecule has 3 aliphatic heterocycles. The molecule has 3 atom stereocenters. The molecule has 3 fully saturated rings. The van der Waals surface area contributed by atoms with Gasteiger partial charge in [0.15, 0.2) is 0 Å². The Morgan fingerprint density at radius 2 is 1.95 bits per heavy atom. The van der Waals surface area contributed by atoms with E-state index in [2.05, 4.69) is 24.2 Å². The van der Waals surface area contributed by atoms with Gasteiger partial charge in [0, 0.05) is 38.4 Å². The summed E-state index contributed by atoms with van der Waals surface area (Å²) >= 11 is 0. The van der Waals surface area contributed by atoms with Crippen LogP contribution in [0.25, 0.3) is 0 Å². The summed E-state index contributed by atoms with van der Waals surface area (Å²) in [5, 5.41) is 3.95. The quantitative estimate of drug-likeness (QED) is 0.835. The van der Waals surface area contributed by atoms with Gasteiger partial charge < -0.3 is 19.7 Å². The zero-order valence-corrected chi connectivity index (χ0v) is 13.1. The molecule has 20 heavy (non-hydrogen) atoms. The van der Waals surface area contributed by atoms with Crippen molar-refractivity contribution in [2.75, 3.05) is 40.0 Å². The smallest absolute Gasteiger partial charge is 0.0741 e. The van der Waals surface area contributed by atoms with E-state index < -0.39 is 0 Å². The molecule has 0 aromatic rings. The van der Waals surface area contributed by atoms with Gasteiger partial charge in [0.1, 0.15) is 0 Å². The summed E-state index contributed by atoms with van der Waals surface area (Å²) in [4.78, 5) is 2.45. The zero-order valence-electron chi connectivity index (χ0n) is 13.1. The molecular weight excluding hydrogens is 252 g/mol. The second-order valence-electron chi connectivity index (χ2n) is 7.13. The summed E-state index contributed by atoms with van der Waals surface area (Å²) in [6.45, 7) is 7.49. The van der Waals surface area contributed by atoms with Gasteiger partial charge in [0.05, 0.1) is 5.60 Å². The number of hydrogen-bond donors (Lipinski definition) is 1. The first-order valence-electron chi connectivity index (χ1n) is 8.33. The van der Waals surface area contributed by atoms with Gasteiger partial charge in [-0.3, -0.25) is 0 Å². The van der Waals surface area contributed by atoms with Crippen LogP contribution in [0, 0.1) is 5.92 Å². The zero-order chi connectivity index (χ0) is 14.0. The van der Waals surface area contributed by atoms with Crippen molar-refractivity contribution >= 4 is 0 Å². The fourth-order valence-electron chi connectivity index (χ4n) is 4.17. The highest BCUT2D eigenvalue weighted by molar-refractivity contribution is 4.94. The maximum atomic E-state index is 6.14. The van der Waals surface area contributed by atoms with Crippen LogP contribution in [0.2, 0.25) is 0 Å². The number of nitrogens with one attached hydrogen (secondary N) is 1. The van der Waals surface area contributed by atoms with Gasteiger partial charge in [0.2, 0.25) is 0 Å². The molecule has 0 aromatic carbocycles. The molecule has 3 aliphatic rings. The molecule has 1 spiro atoms. The second kappa shape index (κ2) is 6.30. The molecule has 4 nitrogen and oxygen atoms in total. The minimum Gasteiger partial charge on any atom is -0.381 e. The maximum absolute atomic E-state index is 6.14. The lowest BCUT2D eigenvalue weighted by molar-refractivity contribution is -0.141. The Kier molecular flexibility index (Phi) is 4.65. The molecule has 3 rings (SSSR count). The first kappa shape index (κ1) is 14.8. The fourth-order valence-corrected chi connectivity index (χ4v) is 4.17. The molecule has 0 bridgehead atoms. The van der Waals surface area contributed by atoms with Crippen molar-refractivity contribution in [2.24, 2.45) is 5.92 Å². The Hall–Kier alpha value is -0.160. The molecule has 3 saturated heterocycles. The summed E-state index contributed by atoms with van der Waals surface area (Å²) in [5.74, 6) is 0.752. The topological polar surface area (TPSA) is 33.7 Å². The highest BCUT2D eigenvalue weighted by Gasteiger charge is 2.40. The number of hydrogen-bond acceptors (Lipinski definition) is 4. The monoisotopic (exact) mass is 282 g/mol. The van der Waals surface area contributed by atoms with Crippen LogP contribution in [0.3, 0.4) is 0 Å². The van der Waals surface area contributed by atoms with Crippen LogP contribution in [0.15, 0.2) is 0 Å². The normalized spacial score (nSPS) is 39.0. The van der Waals surface area contributed by atoms with Crippen molar-refractivity contribution < 1.29 is 9.47 Å². The van der Waals surface area contributed by atoms with Crippen LogP contribution >= 0.6 is 0 Å². The number of piperidine rings is 1. The van der Waals surface area contributed by atoms with Crippen LogP contribution in [0.5, 0.6) is 0 Å². The SMILES string of the molecule is CC1CN(C)CCC1NC1CCOC2(CCOCC2)C1. The lowest BCUT2D eigenvalue weighted by atomic mass is 9.83. The van der Waals surface area contributed by atoms with Crippen molar-refractivity contribution in [3.05, 3.63) is 0 Å². The predicted octanol–water partition coefficient (Wildman–Crippen LogP) is 1.64. The molecular formula is C16H30N2O2. The molecule has 0 aliphatic carbocycles. The van der Waals surface area contributed by atoms with Gasteiger partial charge in [0.25, 0.3) is 0 Å². The van der Waals surface area contributed by atoms with Crippen LogP contribution in [-0.2, 0) is 9.47 Å². The van der Waals surface area contributed by atoms with Crippen molar-refractivity contribution in [1.29, 1.82) is 0 Å². The number of nitrogens with zero attached hydrogens (tertiary/aromatic N) is 1. The van der Waals surface area contributed by atoms with Gasteiger partial charge in [-0.15, -0.1) is 0 Å². The van der Waals surface area contributed by atoms with E-state index in [4.69, 9.17) is 9.47 Å². The van der Waals surface area contributed by atoms with E-state index in [0.717, 1.165) is 38.6 Å². The Morgan fingerprint density at radius 1 is 1.15 bits per heavy atom. The third-order valence-electron chi connectivity index (χ3n) is 5.46. The van der Waals surface area contributed by atoms with E-state index in [-0.39, 0.29) is 5.60 Å². The molecule has 4 heteroatoms. The molecule has 0 saturated carbocycles. The predicted molar refractivity (Wildman–Crippen MR) is 80.0 cm³/mol. The van der Waals surface area contributed by atoms with Crippen LogP contribution < -0.4 is 5.32 Å². The van der Waals surface area contributed by atoms with E-state index in [1.165, 1.54) is 32.4 Å². The third-order valence-corrected chi connectivity index (χ3v) is 5.46. The summed E-state index contributed by atoms with van der Waals surface area (Å²) in [6.07, 6.45) is 5.78. The van der Waals surface area contributed by atoms with Gasteiger partial charge in [-0.1, -0.05) is 6.92 Å². The number of rotatable bonds is 2. The number of ether oxygens (including phenoxy) is 2. The molecule has 1 N–H and O–H groups in total. The van der Waals surface area contributed by atoms with Gasteiger partial charge in [-0.2, -0.15) is 0 Å². The largest absolute Gasteiger partial charge is 0.381 e. The Morgan fingerprint density at radius 3 is 2.70 bits per heavy atom. The van der Waals surface area contributed by atoms with Gasteiger partial charge in [-0.05, 0) is 51.6 Å². The van der Waals surface area contributed by atoms with Crippen LogP contribution in [0.4, 0.5) is 0 Å². The standard InChI is InChI=1S/C16H30N2O2/c1-13-12-18(2)7-3-15(13)17-14-4-8-20-16(11-14)5-9-19-10-6-16/h13-15,17H,3-12H2,1-2H3. The Labute approximate surface area is 123 Å². The second-order valence-corrected chi connectivity index (χ2v) is 7.13. The minimum absolute atomic E-state index is 0.114. The maximum Gasteiger partial charge on any atom is 0.0741 e. The van der Waals surface area contributed by atoms with E-state index in [9.17, 15) is 0 Å². The average molecular weight is 282 g/mol. The summed E-state index contributed by atoms with van der Waals surface area (Å²) < 4.78 is 11.6.